The molecule has 4 aromatic rings. The number of carbonyl (C=O) groups excluding carboxylic acids is 1. The van der Waals surface area contributed by atoms with E-state index in [1.165, 1.54) is 0 Å². The van der Waals surface area contributed by atoms with Gasteiger partial charge in [0.05, 0.1) is 24.6 Å². The van der Waals surface area contributed by atoms with Crippen molar-refractivity contribution in [3.8, 4) is 22.8 Å². The molecule has 1 fully saturated rings. The summed E-state index contributed by atoms with van der Waals surface area (Å²) < 4.78 is 9.13. The zero-order valence-corrected chi connectivity index (χ0v) is 15.2. The number of nitrogens with one attached hydrogen (secondary N) is 1. The second kappa shape index (κ2) is 6.49. The third-order valence-electron chi connectivity index (χ3n) is 4.77. The lowest BCUT2D eigenvalue weighted by Crippen LogP contribution is -2.25. The number of aromatic nitrogens is 5. The number of methoxy groups -OCH3 is 1. The Bertz CT molecular complexity index is 1170. The summed E-state index contributed by atoms with van der Waals surface area (Å²) in [6.45, 7) is 0. The zero-order valence-electron chi connectivity index (χ0n) is 15.2. The van der Waals surface area contributed by atoms with Crippen molar-refractivity contribution in [3.63, 3.8) is 0 Å². The summed E-state index contributed by atoms with van der Waals surface area (Å²) >= 11 is 0. The van der Waals surface area contributed by atoms with Crippen LogP contribution in [-0.4, -0.2) is 43.2 Å². The number of amides is 1. The third kappa shape index (κ3) is 2.79. The molecule has 0 spiro atoms. The maximum absolute atomic E-state index is 12.5. The van der Waals surface area contributed by atoms with Gasteiger partial charge in [-0.15, -0.1) is 0 Å². The Morgan fingerprint density at radius 1 is 1.21 bits per heavy atom. The largest absolute Gasteiger partial charge is 0.495 e. The average molecular weight is 374 g/mol. The van der Waals surface area contributed by atoms with Gasteiger partial charge in [-0.05, 0) is 37.1 Å². The first-order chi connectivity index (χ1) is 13.7. The highest BCUT2D eigenvalue weighted by Crippen LogP contribution is 2.30. The third-order valence-corrected chi connectivity index (χ3v) is 4.77. The Labute approximate surface area is 160 Å². The van der Waals surface area contributed by atoms with Crippen molar-refractivity contribution in [2.75, 3.05) is 7.11 Å². The second-order valence-corrected chi connectivity index (χ2v) is 6.70. The molecule has 8 heteroatoms. The van der Waals surface area contributed by atoms with Crippen LogP contribution in [0.4, 0.5) is 0 Å². The van der Waals surface area contributed by atoms with E-state index in [-0.39, 0.29) is 5.91 Å². The first-order valence-corrected chi connectivity index (χ1v) is 9.06. The number of hydrogen-bond donors (Lipinski definition) is 1. The van der Waals surface area contributed by atoms with E-state index in [0.29, 0.717) is 28.8 Å². The number of rotatable bonds is 5. The van der Waals surface area contributed by atoms with Gasteiger partial charge in [0.25, 0.3) is 5.91 Å². The van der Waals surface area contributed by atoms with Crippen LogP contribution in [0.2, 0.25) is 0 Å². The predicted octanol–water partition coefficient (Wildman–Crippen LogP) is 2.48. The molecule has 1 saturated carbocycles. The van der Waals surface area contributed by atoms with E-state index < -0.39 is 0 Å². The molecule has 140 valence electrons. The van der Waals surface area contributed by atoms with Gasteiger partial charge in [-0.25, -0.2) is 14.5 Å². The van der Waals surface area contributed by atoms with E-state index in [1.54, 1.807) is 42.3 Å². The summed E-state index contributed by atoms with van der Waals surface area (Å²) in [5.41, 5.74) is 2.81. The van der Waals surface area contributed by atoms with Gasteiger partial charge in [0.2, 0.25) is 0 Å². The summed E-state index contributed by atoms with van der Waals surface area (Å²) in [7, 11) is 1.61. The number of nitrogens with zero attached hydrogens (tertiary/aromatic N) is 5. The molecular weight excluding hydrogens is 356 g/mol. The SMILES string of the molecule is COc1ccc(C(=O)NC2CC2)cc1-n1ccnc1-c1cnn2cccnc12. The van der Waals surface area contributed by atoms with Crippen LogP contribution in [-0.2, 0) is 0 Å². The number of hydrogen-bond acceptors (Lipinski definition) is 5. The van der Waals surface area contributed by atoms with E-state index in [1.807, 2.05) is 29.1 Å². The molecule has 1 aliphatic carbocycles. The minimum atomic E-state index is -0.0780. The molecular formula is C20H18N6O2. The van der Waals surface area contributed by atoms with Crippen molar-refractivity contribution in [2.24, 2.45) is 0 Å². The molecule has 1 amide bonds. The molecule has 1 N–H and O–H groups in total. The monoisotopic (exact) mass is 374 g/mol. The van der Waals surface area contributed by atoms with Crippen LogP contribution in [0.25, 0.3) is 22.7 Å². The Balaban J connectivity index is 1.62. The van der Waals surface area contributed by atoms with Gasteiger partial charge in [-0.3, -0.25) is 9.36 Å². The van der Waals surface area contributed by atoms with Crippen LogP contribution < -0.4 is 10.1 Å². The van der Waals surface area contributed by atoms with Crippen LogP contribution in [0, 0.1) is 0 Å². The fraction of sp³-hybridized carbons (Fsp3) is 0.200. The van der Waals surface area contributed by atoms with Crippen LogP contribution >= 0.6 is 0 Å². The van der Waals surface area contributed by atoms with Crippen LogP contribution in [0.5, 0.6) is 5.75 Å². The van der Waals surface area contributed by atoms with Crippen molar-refractivity contribution in [2.45, 2.75) is 18.9 Å². The highest BCUT2D eigenvalue weighted by molar-refractivity contribution is 5.95. The van der Waals surface area contributed by atoms with Gasteiger partial charge >= 0.3 is 0 Å². The molecule has 8 nitrogen and oxygen atoms in total. The fourth-order valence-corrected chi connectivity index (χ4v) is 3.20. The lowest BCUT2D eigenvalue weighted by atomic mass is 10.1. The number of carbonyl (C=O) groups is 1. The van der Waals surface area contributed by atoms with E-state index in [9.17, 15) is 4.79 Å². The summed E-state index contributed by atoms with van der Waals surface area (Å²) in [5, 5.41) is 7.36. The topological polar surface area (TPSA) is 86.3 Å². The number of imidazole rings is 1. The summed E-state index contributed by atoms with van der Waals surface area (Å²) in [6, 6.07) is 7.51. The van der Waals surface area contributed by atoms with Gasteiger partial charge in [0.1, 0.15) is 11.6 Å². The smallest absolute Gasteiger partial charge is 0.251 e. The summed E-state index contributed by atoms with van der Waals surface area (Å²) in [5.74, 6) is 1.24. The molecule has 1 aromatic carbocycles. The van der Waals surface area contributed by atoms with Gasteiger partial charge in [0.15, 0.2) is 5.65 Å². The van der Waals surface area contributed by atoms with Gasteiger partial charge in [-0.2, -0.15) is 5.10 Å². The molecule has 0 radical (unpaired) electrons. The fourth-order valence-electron chi connectivity index (χ4n) is 3.20. The van der Waals surface area contributed by atoms with E-state index in [0.717, 1.165) is 24.1 Å². The molecule has 0 unspecified atom stereocenters. The minimum absolute atomic E-state index is 0.0780. The number of fused-ring (bicyclic) bond motifs is 1. The molecule has 3 aromatic heterocycles. The van der Waals surface area contributed by atoms with Crippen LogP contribution in [0.1, 0.15) is 23.2 Å². The average Bonchev–Trinajstić information content (AvgIpc) is 3.25. The number of benzene rings is 1. The van der Waals surface area contributed by atoms with E-state index in [4.69, 9.17) is 4.74 Å². The van der Waals surface area contributed by atoms with Crippen molar-refractivity contribution >= 4 is 11.6 Å². The molecule has 1 aliphatic rings. The summed E-state index contributed by atoms with van der Waals surface area (Å²) in [4.78, 5) is 21.4. The molecule has 0 bridgehead atoms. The zero-order chi connectivity index (χ0) is 19.1. The normalized spacial score (nSPS) is 13.6. The van der Waals surface area contributed by atoms with Crippen molar-refractivity contribution in [1.82, 2.24) is 29.5 Å². The standard InChI is InChI=1S/C20H18N6O2/c1-28-17-6-3-13(20(27)24-14-4-5-14)11-16(17)25-10-8-22-18(25)15-12-23-26-9-2-7-21-19(15)26/h2-3,6-12,14H,4-5H2,1H3,(H,24,27). The Morgan fingerprint density at radius 2 is 2.11 bits per heavy atom. The number of ether oxygens (including phenoxy) is 1. The minimum Gasteiger partial charge on any atom is -0.495 e. The highest BCUT2D eigenvalue weighted by Gasteiger charge is 2.24. The first kappa shape index (κ1) is 16.5. The van der Waals surface area contributed by atoms with Crippen molar-refractivity contribution < 1.29 is 9.53 Å². The van der Waals surface area contributed by atoms with Crippen LogP contribution in [0.15, 0.2) is 55.2 Å². The maximum Gasteiger partial charge on any atom is 0.251 e. The van der Waals surface area contributed by atoms with Gasteiger partial charge in [-0.1, -0.05) is 0 Å². The molecule has 0 aliphatic heterocycles. The molecule has 0 atom stereocenters. The quantitative estimate of drug-likeness (QED) is 0.580. The maximum atomic E-state index is 12.5. The lowest BCUT2D eigenvalue weighted by molar-refractivity contribution is 0.0951. The van der Waals surface area contributed by atoms with E-state index in [2.05, 4.69) is 20.4 Å². The molecule has 28 heavy (non-hydrogen) atoms. The molecule has 0 saturated heterocycles. The lowest BCUT2D eigenvalue weighted by Gasteiger charge is -2.13. The highest BCUT2D eigenvalue weighted by atomic mass is 16.5. The van der Waals surface area contributed by atoms with Gasteiger partial charge in [0, 0.05) is 36.4 Å². The van der Waals surface area contributed by atoms with E-state index >= 15 is 0 Å². The Kier molecular flexibility index (Phi) is 3.82. The van der Waals surface area contributed by atoms with Crippen LogP contribution in [0.3, 0.4) is 0 Å². The Hall–Kier alpha value is -3.68. The molecule has 3 heterocycles. The predicted molar refractivity (Wildman–Crippen MR) is 103 cm³/mol. The first-order valence-electron chi connectivity index (χ1n) is 9.06. The van der Waals surface area contributed by atoms with Crippen molar-refractivity contribution in [3.05, 3.63) is 60.8 Å². The Morgan fingerprint density at radius 3 is 2.93 bits per heavy atom. The second-order valence-electron chi connectivity index (χ2n) is 6.70. The van der Waals surface area contributed by atoms with Gasteiger partial charge < -0.3 is 10.1 Å². The molecule has 5 rings (SSSR count). The summed E-state index contributed by atoms with van der Waals surface area (Å²) in [6.07, 6.45) is 10.9. The van der Waals surface area contributed by atoms with Crippen molar-refractivity contribution in [1.29, 1.82) is 0 Å².